The third-order valence-electron chi connectivity index (χ3n) is 2.14. The van der Waals surface area contributed by atoms with Crippen molar-refractivity contribution in [2.24, 2.45) is 5.73 Å². The molecule has 0 aliphatic rings. The Morgan fingerprint density at radius 3 is 2.65 bits per heavy atom. The van der Waals surface area contributed by atoms with Crippen molar-refractivity contribution in [3.8, 4) is 5.88 Å². The van der Waals surface area contributed by atoms with Crippen molar-refractivity contribution in [3.05, 3.63) is 22.9 Å². The molecule has 3 N–H and O–H groups in total. The van der Waals surface area contributed by atoms with Crippen LogP contribution in [0.4, 0.5) is 8.78 Å². The number of methoxy groups -OCH3 is 1. The molecule has 5 nitrogen and oxygen atoms in total. The second kappa shape index (κ2) is 5.53. The van der Waals surface area contributed by atoms with E-state index < -0.39 is 24.5 Å². The number of hydrogen-bond acceptors (Lipinski definition) is 4. The smallest absolute Gasteiger partial charge is 0.307 e. The minimum atomic E-state index is -2.86. The number of ether oxygens (including phenoxy) is 1. The monoisotopic (exact) mass is 246 g/mol. The van der Waals surface area contributed by atoms with Gasteiger partial charge in [0.25, 0.3) is 6.43 Å². The fourth-order valence-corrected chi connectivity index (χ4v) is 1.42. The zero-order chi connectivity index (χ0) is 13.0. The summed E-state index contributed by atoms with van der Waals surface area (Å²) in [5.74, 6) is -1.21. The number of rotatable bonds is 5. The van der Waals surface area contributed by atoms with Gasteiger partial charge in [0.2, 0.25) is 5.88 Å². The van der Waals surface area contributed by atoms with Crippen LogP contribution in [0.3, 0.4) is 0 Å². The second-order valence-corrected chi connectivity index (χ2v) is 3.28. The summed E-state index contributed by atoms with van der Waals surface area (Å²) in [6.45, 7) is 0.0340. The van der Waals surface area contributed by atoms with Crippen LogP contribution in [-0.2, 0) is 17.8 Å². The topological polar surface area (TPSA) is 85.4 Å². The van der Waals surface area contributed by atoms with Crippen LogP contribution in [-0.4, -0.2) is 23.2 Å². The van der Waals surface area contributed by atoms with E-state index in [0.717, 1.165) is 0 Å². The van der Waals surface area contributed by atoms with Crippen molar-refractivity contribution < 1.29 is 23.4 Å². The van der Waals surface area contributed by atoms with Gasteiger partial charge in [-0.2, -0.15) is 0 Å². The van der Waals surface area contributed by atoms with E-state index >= 15 is 0 Å². The molecule has 0 unspecified atom stereocenters. The number of alkyl halides is 2. The van der Waals surface area contributed by atoms with Crippen molar-refractivity contribution in [2.45, 2.75) is 19.4 Å². The molecule has 0 aliphatic heterocycles. The zero-order valence-corrected chi connectivity index (χ0v) is 9.11. The van der Waals surface area contributed by atoms with E-state index in [-0.39, 0.29) is 18.0 Å². The maximum absolute atomic E-state index is 12.7. The van der Waals surface area contributed by atoms with Gasteiger partial charge in [-0.1, -0.05) is 0 Å². The number of pyridine rings is 1. The first-order valence-corrected chi connectivity index (χ1v) is 4.76. The summed E-state index contributed by atoms with van der Waals surface area (Å²) in [5.41, 5.74) is 5.16. The number of hydrogen-bond donors (Lipinski definition) is 2. The van der Waals surface area contributed by atoms with Crippen molar-refractivity contribution in [1.29, 1.82) is 0 Å². The average molecular weight is 246 g/mol. The number of carbonyl (C=O) groups is 1. The SMILES string of the molecule is COc1nc(C(F)F)c(CC(=O)O)cc1CN. The van der Waals surface area contributed by atoms with E-state index in [1.54, 1.807) is 0 Å². The first-order chi connectivity index (χ1) is 7.99. The molecule has 0 atom stereocenters. The summed E-state index contributed by atoms with van der Waals surface area (Å²) < 4.78 is 30.2. The van der Waals surface area contributed by atoms with Crippen LogP contribution in [0, 0.1) is 0 Å². The number of aliphatic carboxylic acids is 1. The summed E-state index contributed by atoms with van der Waals surface area (Å²) in [5, 5.41) is 8.63. The van der Waals surface area contributed by atoms with Gasteiger partial charge in [0.15, 0.2) is 0 Å². The van der Waals surface area contributed by atoms with E-state index in [2.05, 4.69) is 4.98 Å². The molecule has 94 valence electrons. The molecule has 0 fully saturated rings. The Morgan fingerprint density at radius 2 is 2.24 bits per heavy atom. The van der Waals surface area contributed by atoms with Gasteiger partial charge < -0.3 is 15.6 Å². The Kier molecular flexibility index (Phi) is 4.33. The predicted octanol–water partition coefficient (Wildman–Crippen LogP) is 1.11. The third kappa shape index (κ3) is 3.10. The van der Waals surface area contributed by atoms with E-state index in [9.17, 15) is 13.6 Å². The highest BCUT2D eigenvalue weighted by atomic mass is 19.3. The quantitative estimate of drug-likeness (QED) is 0.812. The molecule has 1 aromatic rings. The lowest BCUT2D eigenvalue weighted by Gasteiger charge is -2.12. The fourth-order valence-electron chi connectivity index (χ4n) is 1.42. The van der Waals surface area contributed by atoms with Crippen molar-refractivity contribution in [1.82, 2.24) is 4.98 Å². The van der Waals surface area contributed by atoms with Crippen LogP contribution in [0.1, 0.15) is 23.2 Å². The molecular formula is C10H12F2N2O3. The minimum Gasteiger partial charge on any atom is -0.481 e. The van der Waals surface area contributed by atoms with Crippen LogP contribution in [0.15, 0.2) is 6.07 Å². The van der Waals surface area contributed by atoms with E-state index in [1.807, 2.05) is 0 Å². The Morgan fingerprint density at radius 1 is 1.59 bits per heavy atom. The molecule has 0 saturated carbocycles. The highest BCUT2D eigenvalue weighted by Crippen LogP contribution is 2.27. The summed E-state index contributed by atoms with van der Waals surface area (Å²) in [6, 6.07) is 1.29. The number of halogens is 2. The summed E-state index contributed by atoms with van der Waals surface area (Å²) in [4.78, 5) is 14.2. The second-order valence-electron chi connectivity index (χ2n) is 3.28. The molecule has 0 radical (unpaired) electrons. The first-order valence-electron chi connectivity index (χ1n) is 4.76. The van der Waals surface area contributed by atoms with Gasteiger partial charge in [-0.25, -0.2) is 13.8 Å². The Hall–Kier alpha value is -1.76. The van der Waals surface area contributed by atoms with Crippen LogP contribution in [0.25, 0.3) is 0 Å². The maximum atomic E-state index is 12.7. The predicted molar refractivity (Wildman–Crippen MR) is 55.0 cm³/mol. The lowest BCUT2D eigenvalue weighted by molar-refractivity contribution is -0.136. The average Bonchev–Trinajstić information content (AvgIpc) is 2.27. The molecule has 0 amide bonds. The Balaban J connectivity index is 3.29. The number of nitrogens with zero attached hydrogens (tertiary/aromatic N) is 1. The van der Waals surface area contributed by atoms with Gasteiger partial charge in [0.05, 0.1) is 13.5 Å². The maximum Gasteiger partial charge on any atom is 0.307 e. The standard InChI is InChI=1S/C10H12F2N2O3/c1-17-10-6(4-13)2-5(3-7(15)16)8(14-10)9(11)12/h2,9H,3-4,13H2,1H3,(H,15,16). The van der Waals surface area contributed by atoms with Gasteiger partial charge in [0, 0.05) is 12.1 Å². The Bertz CT molecular complexity index is 424. The number of aromatic nitrogens is 1. The van der Waals surface area contributed by atoms with Gasteiger partial charge >= 0.3 is 5.97 Å². The molecule has 1 rings (SSSR count). The molecule has 7 heteroatoms. The van der Waals surface area contributed by atoms with Gasteiger partial charge in [-0.05, 0) is 11.6 Å². The number of carboxylic acid groups (broad SMARTS) is 1. The summed E-state index contributed by atoms with van der Waals surface area (Å²) in [6.07, 6.45) is -3.38. The van der Waals surface area contributed by atoms with Crippen molar-refractivity contribution in [2.75, 3.05) is 7.11 Å². The molecule has 0 saturated heterocycles. The van der Waals surface area contributed by atoms with Crippen LogP contribution >= 0.6 is 0 Å². The summed E-state index contributed by atoms with van der Waals surface area (Å²) in [7, 11) is 1.29. The van der Waals surface area contributed by atoms with Gasteiger partial charge in [-0.3, -0.25) is 4.79 Å². The lowest BCUT2D eigenvalue weighted by Crippen LogP contribution is -2.10. The molecular weight excluding hydrogens is 234 g/mol. The molecule has 17 heavy (non-hydrogen) atoms. The van der Waals surface area contributed by atoms with Crippen LogP contribution in [0.5, 0.6) is 5.88 Å². The third-order valence-corrected chi connectivity index (χ3v) is 2.14. The molecule has 0 aliphatic carbocycles. The van der Waals surface area contributed by atoms with E-state index in [4.69, 9.17) is 15.6 Å². The molecule has 0 aromatic carbocycles. The highest BCUT2D eigenvalue weighted by Gasteiger charge is 2.20. The van der Waals surface area contributed by atoms with E-state index in [0.29, 0.717) is 5.56 Å². The first kappa shape index (κ1) is 13.3. The molecule has 0 bridgehead atoms. The van der Waals surface area contributed by atoms with E-state index in [1.165, 1.54) is 13.2 Å². The van der Waals surface area contributed by atoms with Gasteiger partial charge in [-0.15, -0.1) is 0 Å². The van der Waals surface area contributed by atoms with Crippen LogP contribution < -0.4 is 10.5 Å². The van der Waals surface area contributed by atoms with Crippen molar-refractivity contribution in [3.63, 3.8) is 0 Å². The lowest BCUT2D eigenvalue weighted by atomic mass is 10.1. The van der Waals surface area contributed by atoms with Crippen molar-refractivity contribution >= 4 is 5.97 Å². The van der Waals surface area contributed by atoms with Gasteiger partial charge in [0.1, 0.15) is 5.69 Å². The zero-order valence-electron chi connectivity index (χ0n) is 9.11. The largest absolute Gasteiger partial charge is 0.481 e. The molecule has 1 aromatic heterocycles. The normalized spacial score (nSPS) is 10.6. The Labute approximate surface area is 96.2 Å². The fraction of sp³-hybridized carbons (Fsp3) is 0.400. The van der Waals surface area contributed by atoms with Crippen LogP contribution in [0.2, 0.25) is 0 Å². The minimum absolute atomic E-state index is 0.00283. The number of carboxylic acids is 1. The number of nitrogens with two attached hydrogens (primary N) is 1. The summed E-state index contributed by atoms with van der Waals surface area (Å²) >= 11 is 0. The molecule has 0 spiro atoms. The molecule has 1 heterocycles. The highest BCUT2D eigenvalue weighted by molar-refractivity contribution is 5.70.